The Kier molecular flexibility index (Phi) is 3.06. The Hall–Kier alpha value is -2.89. The Balaban J connectivity index is 2.34. The zero-order chi connectivity index (χ0) is 15.0. The molecule has 21 heavy (non-hydrogen) atoms. The van der Waals surface area contributed by atoms with E-state index in [0.717, 1.165) is 4.57 Å². The van der Waals surface area contributed by atoms with E-state index in [0.29, 0.717) is 11.4 Å². The van der Waals surface area contributed by atoms with Gasteiger partial charge in [-0.2, -0.15) is 0 Å². The van der Waals surface area contributed by atoms with Gasteiger partial charge in [0.05, 0.1) is 23.7 Å². The number of hydrogen-bond acceptors (Lipinski definition) is 3. The average Bonchev–Trinajstić information content (AvgIpc) is 2.47. The van der Waals surface area contributed by atoms with Crippen molar-refractivity contribution in [2.24, 2.45) is 0 Å². The monoisotopic (exact) mass is 286 g/mol. The van der Waals surface area contributed by atoms with Crippen LogP contribution in [0, 0.1) is 5.82 Å². The van der Waals surface area contributed by atoms with Crippen molar-refractivity contribution < 1.29 is 9.13 Å². The number of methoxy groups -OCH3 is 1. The lowest BCUT2D eigenvalue weighted by molar-refractivity contribution is 0.414. The van der Waals surface area contributed by atoms with Crippen molar-refractivity contribution in [1.82, 2.24) is 9.55 Å². The van der Waals surface area contributed by atoms with Crippen LogP contribution in [0.3, 0.4) is 0 Å². The number of nitrogens with one attached hydrogen (secondary N) is 1. The quantitative estimate of drug-likeness (QED) is 0.781. The molecule has 0 saturated carbocycles. The number of aromatic amines is 1. The van der Waals surface area contributed by atoms with Crippen molar-refractivity contribution >= 4 is 10.9 Å². The number of aromatic nitrogens is 2. The first-order valence-corrected chi connectivity index (χ1v) is 6.20. The Morgan fingerprint density at radius 1 is 1.10 bits per heavy atom. The number of halogens is 1. The molecule has 1 heterocycles. The molecule has 0 saturated heterocycles. The van der Waals surface area contributed by atoms with Crippen LogP contribution in [0.25, 0.3) is 16.6 Å². The largest absolute Gasteiger partial charge is 0.497 e. The topological polar surface area (TPSA) is 64.1 Å². The number of hydrogen-bond donors (Lipinski definition) is 1. The van der Waals surface area contributed by atoms with Crippen molar-refractivity contribution in [2.45, 2.75) is 0 Å². The second kappa shape index (κ2) is 4.90. The lowest BCUT2D eigenvalue weighted by atomic mass is 10.2. The van der Waals surface area contributed by atoms with Crippen molar-refractivity contribution in [3.63, 3.8) is 0 Å². The van der Waals surface area contributed by atoms with Crippen LogP contribution in [0.15, 0.2) is 52.1 Å². The molecule has 0 radical (unpaired) electrons. The van der Waals surface area contributed by atoms with Crippen LogP contribution in [-0.2, 0) is 0 Å². The second-order valence-corrected chi connectivity index (χ2v) is 4.43. The Morgan fingerprint density at radius 3 is 2.48 bits per heavy atom. The minimum absolute atomic E-state index is 0.145. The van der Waals surface area contributed by atoms with Crippen LogP contribution in [0.4, 0.5) is 4.39 Å². The minimum Gasteiger partial charge on any atom is -0.497 e. The maximum Gasteiger partial charge on any atom is 0.333 e. The summed E-state index contributed by atoms with van der Waals surface area (Å²) in [5, 5.41) is -0.145. The van der Waals surface area contributed by atoms with Crippen LogP contribution in [0.2, 0.25) is 0 Å². The van der Waals surface area contributed by atoms with E-state index >= 15 is 0 Å². The Bertz CT molecular complexity index is 926. The summed E-state index contributed by atoms with van der Waals surface area (Å²) in [5.74, 6) is -0.0776. The molecular weight excluding hydrogens is 275 g/mol. The maximum atomic E-state index is 13.8. The van der Waals surface area contributed by atoms with E-state index in [4.69, 9.17) is 4.74 Å². The summed E-state index contributed by atoms with van der Waals surface area (Å²) in [6, 6.07) is 10.5. The van der Waals surface area contributed by atoms with Gasteiger partial charge in [0.2, 0.25) is 0 Å². The van der Waals surface area contributed by atoms with Gasteiger partial charge < -0.3 is 9.72 Å². The van der Waals surface area contributed by atoms with Crippen molar-refractivity contribution in [3.8, 4) is 11.4 Å². The zero-order valence-electron chi connectivity index (χ0n) is 11.1. The van der Waals surface area contributed by atoms with Gasteiger partial charge in [-0.3, -0.25) is 4.79 Å². The van der Waals surface area contributed by atoms with E-state index in [2.05, 4.69) is 4.98 Å². The third-order valence-corrected chi connectivity index (χ3v) is 3.21. The normalized spacial score (nSPS) is 10.8. The van der Waals surface area contributed by atoms with E-state index in [1.807, 2.05) is 0 Å². The van der Waals surface area contributed by atoms with E-state index in [1.165, 1.54) is 25.3 Å². The number of benzene rings is 2. The summed E-state index contributed by atoms with van der Waals surface area (Å²) in [6.45, 7) is 0. The lowest BCUT2D eigenvalue weighted by Crippen LogP contribution is -2.34. The smallest absolute Gasteiger partial charge is 0.333 e. The number of rotatable bonds is 2. The van der Waals surface area contributed by atoms with Gasteiger partial charge in [0, 0.05) is 0 Å². The van der Waals surface area contributed by atoms with Gasteiger partial charge in [-0.25, -0.2) is 13.8 Å². The summed E-state index contributed by atoms with van der Waals surface area (Å²) >= 11 is 0. The molecule has 1 aromatic heterocycles. The highest BCUT2D eigenvalue weighted by molar-refractivity contribution is 5.78. The fourth-order valence-corrected chi connectivity index (χ4v) is 2.19. The Morgan fingerprint density at radius 2 is 1.81 bits per heavy atom. The molecular formula is C15H11FN2O3. The molecule has 3 aromatic rings. The maximum absolute atomic E-state index is 13.8. The summed E-state index contributed by atoms with van der Waals surface area (Å²) in [4.78, 5) is 27.0. The average molecular weight is 286 g/mol. The van der Waals surface area contributed by atoms with Crippen LogP contribution in [0.5, 0.6) is 5.75 Å². The van der Waals surface area contributed by atoms with E-state index in [-0.39, 0.29) is 10.9 Å². The highest BCUT2D eigenvalue weighted by Gasteiger charge is 2.12. The van der Waals surface area contributed by atoms with Crippen molar-refractivity contribution in [3.05, 3.63) is 69.1 Å². The van der Waals surface area contributed by atoms with Crippen LogP contribution in [-0.4, -0.2) is 16.7 Å². The Labute approximate surface area is 118 Å². The molecule has 6 heteroatoms. The van der Waals surface area contributed by atoms with E-state index in [1.54, 1.807) is 24.3 Å². The molecule has 0 aliphatic carbocycles. The number of nitrogens with zero attached hydrogens (tertiary/aromatic N) is 1. The third kappa shape index (κ3) is 2.10. The molecule has 0 fully saturated rings. The highest BCUT2D eigenvalue weighted by Crippen LogP contribution is 2.14. The van der Waals surface area contributed by atoms with Gasteiger partial charge in [-0.05, 0) is 36.4 Å². The lowest BCUT2D eigenvalue weighted by Gasteiger charge is -2.07. The molecule has 5 nitrogen and oxygen atoms in total. The fraction of sp³-hybridized carbons (Fsp3) is 0.0667. The minimum atomic E-state index is -0.697. The first kappa shape index (κ1) is 13.1. The van der Waals surface area contributed by atoms with Crippen LogP contribution >= 0.6 is 0 Å². The molecule has 0 aliphatic rings. The fourth-order valence-electron chi connectivity index (χ4n) is 2.19. The molecule has 0 atom stereocenters. The van der Waals surface area contributed by atoms with Gasteiger partial charge in [-0.15, -0.1) is 0 Å². The van der Waals surface area contributed by atoms with Crippen molar-refractivity contribution in [1.29, 1.82) is 0 Å². The summed E-state index contributed by atoms with van der Waals surface area (Å²) < 4.78 is 19.8. The molecule has 2 aromatic carbocycles. The molecule has 0 amide bonds. The zero-order valence-corrected chi connectivity index (χ0v) is 11.1. The van der Waals surface area contributed by atoms with Crippen molar-refractivity contribution in [2.75, 3.05) is 7.11 Å². The first-order valence-electron chi connectivity index (χ1n) is 6.20. The summed E-state index contributed by atoms with van der Waals surface area (Å²) in [6.07, 6.45) is 0. The second-order valence-electron chi connectivity index (χ2n) is 4.43. The SMILES string of the molecule is COc1ccc(-n2c(=O)[nH]c3cccc(F)c3c2=O)cc1. The van der Waals surface area contributed by atoms with Gasteiger partial charge in [0.25, 0.3) is 5.56 Å². The highest BCUT2D eigenvalue weighted by atomic mass is 19.1. The van der Waals surface area contributed by atoms with Gasteiger partial charge >= 0.3 is 5.69 Å². The van der Waals surface area contributed by atoms with Gasteiger partial charge in [0.15, 0.2) is 0 Å². The molecule has 0 bridgehead atoms. The van der Waals surface area contributed by atoms with E-state index in [9.17, 15) is 14.0 Å². The number of ether oxygens (including phenoxy) is 1. The molecule has 0 aliphatic heterocycles. The molecule has 106 valence electrons. The van der Waals surface area contributed by atoms with Gasteiger partial charge in [-0.1, -0.05) is 6.07 Å². The van der Waals surface area contributed by atoms with Crippen LogP contribution < -0.4 is 16.0 Å². The number of H-pyrrole nitrogens is 1. The van der Waals surface area contributed by atoms with Crippen LogP contribution in [0.1, 0.15) is 0 Å². The van der Waals surface area contributed by atoms with Gasteiger partial charge in [0.1, 0.15) is 11.6 Å². The predicted molar refractivity (Wildman–Crippen MR) is 76.7 cm³/mol. The predicted octanol–water partition coefficient (Wildman–Crippen LogP) is 1.83. The third-order valence-electron chi connectivity index (χ3n) is 3.21. The number of fused-ring (bicyclic) bond motifs is 1. The molecule has 0 spiro atoms. The summed E-state index contributed by atoms with van der Waals surface area (Å²) in [5.41, 5.74) is -0.803. The molecule has 3 rings (SSSR count). The standard InChI is InChI=1S/C15H11FN2O3/c1-21-10-7-5-9(6-8-10)18-14(19)13-11(16)3-2-4-12(13)17-15(18)20/h2-8H,1H3,(H,17,20). The van der Waals surface area contributed by atoms with E-state index < -0.39 is 17.1 Å². The summed E-state index contributed by atoms with van der Waals surface area (Å²) in [7, 11) is 1.51. The molecule has 0 unspecified atom stereocenters. The molecule has 1 N–H and O–H groups in total. The first-order chi connectivity index (χ1) is 10.1.